The van der Waals surface area contributed by atoms with E-state index in [1.54, 1.807) is 12.1 Å². The van der Waals surface area contributed by atoms with E-state index in [4.69, 9.17) is 0 Å². The summed E-state index contributed by atoms with van der Waals surface area (Å²) in [6, 6.07) is 29.3. The van der Waals surface area contributed by atoms with Crippen molar-refractivity contribution >= 4 is 22.4 Å². The van der Waals surface area contributed by atoms with Crippen LogP contribution in [0, 0.1) is 17.7 Å². The Morgan fingerprint density at radius 3 is 2.29 bits per heavy atom. The molecule has 0 spiro atoms. The SMILES string of the molecule is CC[C@](C#Cc1ccc(F)cc1)(C(=O)Nc1cccc2ccccc12)c1ccccc1. The van der Waals surface area contributed by atoms with Crippen molar-refractivity contribution < 1.29 is 9.18 Å². The maximum absolute atomic E-state index is 13.7. The Balaban J connectivity index is 1.78. The van der Waals surface area contributed by atoms with Crippen LogP contribution in [-0.2, 0) is 10.2 Å². The van der Waals surface area contributed by atoms with Gasteiger partial charge in [-0.05, 0) is 47.7 Å². The molecular formula is C28H22FNO. The number of carbonyl (C=O) groups excluding carboxylic acids is 1. The van der Waals surface area contributed by atoms with Crippen molar-refractivity contribution in [3.63, 3.8) is 0 Å². The summed E-state index contributed by atoms with van der Waals surface area (Å²) in [7, 11) is 0. The molecule has 0 aromatic heterocycles. The smallest absolute Gasteiger partial charge is 0.247 e. The highest BCUT2D eigenvalue weighted by molar-refractivity contribution is 6.07. The Hall–Kier alpha value is -3.90. The van der Waals surface area contributed by atoms with E-state index in [9.17, 15) is 9.18 Å². The van der Waals surface area contributed by atoms with Gasteiger partial charge >= 0.3 is 0 Å². The second-order valence-electron chi connectivity index (χ2n) is 7.36. The fourth-order valence-electron chi connectivity index (χ4n) is 3.71. The first-order valence-electron chi connectivity index (χ1n) is 10.3. The lowest BCUT2D eigenvalue weighted by atomic mass is 9.77. The Bertz CT molecular complexity index is 1260. The summed E-state index contributed by atoms with van der Waals surface area (Å²) in [5.41, 5.74) is 1.19. The molecule has 0 aliphatic rings. The largest absolute Gasteiger partial charge is 0.324 e. The third-order valence-corrected chi connectivity index (χ3v) is 5.49. The Labute approximate surface area is 181 Å². The first-order valence-corrected chi connectivity index (χ1v) is 10.3. The van der Waals surface area contributed by atoms with E-state index < -0.39 is 5.41 Å². The monoisotopic (exact) mass is 407 g/mol. The first-order chi connectivity index (χ1) is 15.1. The summed E-state index contributed by atoms with van der Waals surface area (Å²) in [5, 5.41) is 5.15. The Morgan fingerprint density at radius 2 is 1.55 bits per heavy atom. The van der Waals surface area contributed by atoms with Crippen LogP contribution in [0.1, 0.15) is 24.5 Å². The zero-order chi connectivity index (χ0) is 21.7. The Kier molecular flexibility index (Phi) is 5.82. The number of nitrogens with one attached hydrogen (secondary N) is 1. The molecule has 1 amide bonds. The highest BCUT2D eigenvalue weighted by atomic mass is 19.1. The van der Waals surface area contributed by atoms with Gasteiger partial charge in [-0.2, -0.15) is 0 Å². The van der Waals surface area contributed by atoms with E-state index in [2.05, 4.69) is 17.2 Å². The van der Waals surface area contributed by atoms with Crippen LogP contribution in [0.2, 0.25) is 0 Å². The standard InChI is InChI=1S/C28H22FNO/c1-2-28(23-11-4-3-5-12-23,20-19-21-15-17-24(29)18-16-21)27(31)30-26-14-8-10-22-9-6-7-13-25(22)26/h3-18H,2H2,1H3,(H,30,31)/t28-/m1/s1. The molecule has 0 unspecified atom stereocenters. The molecule has 0 saturated heterocycles. The highest BCUT2D eigenvalue weighted by Crippen LogP contribution is 2.31. The Morgan fingerprint density at radius 1 is 0.871 bits per heavy atom. The van der Waals surface area contributed by atoms with Gasteiger partial charge in [0.05, 0.1) is 0 Å². The van der Waals surface area contributed by atoms with E-state index in [1.165, 1.54) is 12.1 Å². The van der Waals surface area contributed by atoms with E-state index in [0.717, 1.165) is 22.0 Å². The average molecular weight is 407 g/mol. The van der Waals surface area contributed by atoms with Gasteiger partial charge in [-0.1, -0.05) is 85.5 Å². The molecule has 0 radical (unpaired) electrons. The first kappa shape index (κ1) is 20.4. The van der Waals surface area contributed by atoms with E-state index in [1.807, 2.05) is 79.7 Å². The van der Waals surface area contributed by atoms with Gasteiger partial charge in [0.1, 0.15) is 11.2 Å². The number of fused-ring (bicyclic) bond motifs is 1. The number of carbonyl (C=O) groups is 1. The fraction of sp³-hybridized carbons (Fsp3) is 0.107. The lowest BCUT2D eigenvalue weighted by Gasteiger charge is -2.27. The molecule has 0 fully saturated rings. The molecule has 0 aliphatic carbocycles. The van der Waals surface area contributed by atoms with E-state index in [0.29, 0.717) is 12.0 Å². The summed E-state index contributed by atoms with van der Waals surface area (Å²) in [6.07, 6.45) is 0.488. The number of hydrogen-bond acceptors (Lipinski definition) is 1. The maximum Gasteiger partial charge on any atom is 0.247 e. The van der Waals surface area contributed by atoms with E-state index in [-0.39, 0.29) is 11.7 Å². The predicted octanol–water partition coefficient (Wildman–Crippen LogP) is 6.32. The summed E-state index contributed by atoms with van der Waals surface area (Å²) >= 11 is 0. The minimum atomic E-state index is -1.05. The van der Waals surface area contributed by atoms with Gasteiger partial charge in [0.2, 0.25) is 5.91 Å². The van der Waals surface area contributed by atoms with Crippen LogP contribution in [0.25, 0.3) is 10.8 Å². The molecule has 4 aromatic carbocycles. The number of amides is 1. The fourth-order valence-corrected chi connectivity index (χ4v) is 3.71. The molecule has 152 valence electrons. The van der Waals surface area contributed by atoms with Crippen molar-refractivity contribution in [2.24, 2.45) is 0 Å². The van der Waals surface area contributed by atoms with Crippen LogP contribution in [0.3, 0.4) is 0 Å². The number of anilines is 1. The quantitative estimate of drug-likeness (QED) is 0.394. The van der Waals surface area contributed by atoms with E-state index >= 15 is 0 Å². The van der Waals surface area contributed by atoms with Crippen LogP contribution >= 0.6 is 0 Å². The van der Waals surface area contributed by atoms with Crippen molar-refractivity contribution in [1.82, 2.24) is 0 Å². The highest BCUT2D eigenvalue weighted by Gasteiger charge is 2.37. The molecule has 0 bridgehead atoms. The second-order valence-corrected chi connectivity index (χ2v) is 7.36. The molecule has 0 saturated carbocycles. The van der Waals surface area contributed by atoms with Gasteiger partial charge in [-0.3, -0.25) is 4.79 Å². The number of rotatable bonds is 4. The topological polar surface area (TPSA) is 29.1 Å². The average Bonchev–Trinajstić information content (AvgIpc) is 2.82. The van der Waals surface area contributed by atoms with Crippen LogP contribution < -0.4 is 5.32 Å². The van der Waals surface area contributed by atoms with Crippen molar-refractivity contribution in [1.29, 1.82) is 0 Å². The summed E-state index contributed by atoms with van der Waals surface area (Å²) in [5.74, 6) is 5.80. The zero-order valence-electron chi connectivity index (χ0n) is 17.2. The minimum Gasteiger partial charge on any atom is -0.324 e. The summed E-state index contributed by atoms with van der Waals surface area (Å²) in [4.78, 5) is 13.7. The minimum absolute atomic E-state index is 0.188. The number of benzene rings is 4. The van der Waals surface area contributed by atoms with Crippen molar-refractivity contribution in [3.8, 4) is 11.8 Å². The lowest BCUT2D eigenvalue weighted by Crippen LogP contribution is -2.39. The molecule has 4 rings (SSSR count). The second kappa shape index (κ2) is 8.85. The molecule has 1 N–H and O–H groups in total. The van der Waals surface area contributed by atoms with Crippen LogP contribution in [0.4, 0.5) is 10.1 Å². The van der Waals surface area contributed by atoms with Crippen molar-refractivity contribution in [2.45, 2.75) is 18.8 Å². The van der Waals surface area contributed by atoms with Gasteiger partial charge in [-0.25, -0.2) is 4.39 Å². The zero-order valence-corrected chi connectivity index (χ0v) is 17.2. The van der Waals surface area contributed by atoms with Crippen LogP contribution in [0.5, 0.6) is 0 Å². The van der Waals surface area contributed by atoms with Gasteiger partial charge in [0, 0.05) is 16.6 Å². The normalized spacial score (nSPS) is 12.5. The molecule has 4 aromatic rings. The predicted molar refractivity (Wildman–Crippen MR) is 124 cm³/mol. The number of hydrogen-bond donors (Lipinski definition) is 1. The van der Waals surface area contributed by atoms with Gasteiger partial charge in [0.15, 0.2) is 0 Å². The van der Waals surface area contributed by atoms with Crippen LogP contribution in [-0.4, -0.2) is 5.91 Å². The van der Waals surface area contributed by atoms with Gasteiger partial charge in [0.25, 0.3) is 0 Å². The molecule has 31 heavy (non-hydrogen) atoms. The van der Waals surface area contributed by atoms with Crippen LogP contribution in [0.15, 0.2) is 97.1 Å². The maximum atomic E-state index is 13.7. The lowest BCUT2D eigenvalue weighted by molar-refractivity contribution is -0.119. The third kappa shape index (κ3) is 4.20. The van der Waals surface area contributed by atoms with Crippen molar-refractivity contribution in [3.05, 3.63) is 114 Å². The summed E-state index contributed by atoms with van der Waals surface area (Å²) in [6.45, 7) is 1.95. The molecule has 0 heterocycles. The third-order valence-electron chi connectivity index (χ3n) is 5.49. The summed E-state index contributed by atoms with van der Waals surface area (Å²) < 4.78 is 13.3. The van der Waals surface area contributed by atoms with Gasteiger partial charge in [-0.15, -0.1) is 0 Å². The number of halogens is 1. The molecular weight excluding hydrogens is 385 g/mol. The molecule has 0 aliphatic heterocycles. The van der Waals surface area contributed by atoms with Gasteiger partial charge < -0.3 is 5.32 Å². The molecule has 2 nitrogen and oxygen atoms in total. The van der Waals surface area contributed by atoms with Crippen molar-refractivity contribution in [2.75, 3.05) is 5.32 Å². The molecule has 1 atom stereocenters. The molecule has 3 heteroatoms.